The lowest BCUT2D eigenvalue weighted by molar-refractivity contribution is 1.07. The molecule has 1 heterocycles. The maximum Gasteiger partial charge on any atom is 0.164 e. The Balaban J connectivity index is 1.13. The molecular weight excluding hydrogens is 607 g/mol. The van der Waals surface area contributed by atoms with Crippen LogP contribution in [0, 0.1) is 0 Å². The molecule has 8 aromatic carbocycles. The number of rotatable bonds is 5. The summed E-state index contributed by atoms with van der Waals surface area (Å²) < 4.78 is 0. The average molecular weight is 636 g/mol. The third-order valence-electron chi connectivity index (χ3n) is 9.88. The first-order valence-corrected chi connectivity index (χ1v) is 16.9. The monoisotopic (exact) mass is 635 g/mol. The van der Waals surface area contributed by atoms with Crippen LogP contribution in [0.3, 0.4) is 0 Å². The Morgan fingerprint density at radius 1 is 0.260 bits per heavy atom. The third kappa shape index (κ3) is 4.63. The van der Waals surface area contributed by atoms with Crippen molar-refractivity contribution in [3.8, 4) is 78.7 Å². The Morgan fingerprint density at radius 3 is 1.34 bits per heavy atom. The van der Waals surface area contributed by atoms with E-state index in [1.165, 1.54) is 49.5 Å². The summed E-state index contributed by atoms with van der Waals surface area (Å²) in [6, 6.07) is 62.2. The number of fused-ring (bicyclic) bond motifs is 4. The maximum atomic E-state index is 5.11. The molecule has 1 aromatic heterocycles. The fourth-order valence-electron chi connectivity index (χ4n) is 7.48. The lowest BCUT2D eigenvalue weighted by Gasteiger charge is -2.15. The molecule has 0 amide bonds. The molecule has 0 saturated carbocycles. The summed E-state index contributed by atoms with van der Waals surface area (Å²) in [5, 5.41) is 4.93. The van der Waals surface area contributed by atoms with E-state index in [0.29, 0.717) is 17.5 Å². The molecule has 1 aliphatic carbocycles. The Labute approximate surface area is 290 Å². The van der Waals surface area contributed by atoms with Crippen LogP contribution in [0.1, 0.15) is 0 Å². The maximum absolute atomic E-state index is 5.11. The highest BCUT2D eigenvalue weighted by Crippen LogP contribution is 2.49. The van der Waals surface area contributed by atoms with E-state index in [1.54, 1.807) is 0 Å². The SMILES string of the molecule is c1ccc(-c2nc(-c3ccccc3)nc(-c3cc4ccccc4cc3-c3ccc(-c4ccc5c6c(cccc46)-c4ccccc4-5)cc3)n2)cc1. The molecule has 10 rings (SSSR count). The lowest BCUT2D eigenvalue weighted by Crippen LogP contribution is -2.01. The number of aromatic nitrogens is 3. The van der Waals surface area contributed by atoms with Crippen molar-refractivity contribution in [1.29, 1.82) is 0 Å². The molecule has 232 valence electrons. The van der Waals surface area contributed by atoms with E-state index >= 15 is 0 Å². The zero-order valence-corrected chi connectivity index (χ0v) is 27.1. The molecule has 0 N–H and O–H groups in total. The highest BCUT2D eigenvalue weighted by atomic mass is 15.0. The van der Waals surface area contributed by atoms with Crippen molar-refractivity contribution in [3.05, 3.63) is 176 Å². The van der Waals surface area contributed by atoms with Crippen molar-refractivity contribution in [2.75, 3.05) is 0 Å². The van der Waals surface area contributed by atoms with Crippen molar-refractivity contribution in [3.63, 3.8) is 0 Å². The van der Waals surface area contributed by atoms with Gasteiger partial charge in [-0.1, -0.05) is 164 Å². The van der Waals surface area contributed by atoms with E-state index in [1.807, 2.05) is 60.7 Å². The summed E-state index contributed by atoms with van der Waals surface area (Å²) in [7, 11) is 0. The minimum Gasteiger partial charge on any atom is -0.208 e. The quantitative estimate of drug-likeness (QED) is 0.189. The minimum absolute atomic E-state index is 0.648. The van der Waals surface area contributed by atoms with E-state index in [4.69, 9.17) is 15.0 Å². The molecule has 0 bridgehead atoms. The van der Waals surface area contributed by atoms with Crippen molar-refractivity contribution in [1.82, 2.24) is 15.0 Å². The van der Waals surface area contributed by atoms with Crippen LogP contribution < -0.4 is 0 Å². The van der Waals surface area contributed by atoms with Gasteiger partial charge in [-0.2, -0.15) is 0 Å². The average Bonchev–Trinajstić information content (AvgIpc) is 3.53. The molecule has 0 spiro atoms. The molecule has 9 aromatic rings. The van der Waals surface area contributed by atoms with Gasteiger partial charge in [0.2, 0.25) is 0 Å². The van der Waals surface area contributed by atoms with Gasteiger partial charge in [-0.3, -0.25) is 0 Å². The topological polar surface area (TPSA) is 38.7 Å². The Hall–Kier alpha value is -6.71. The third-order valence-corrected chi connectivity index (χ3v) is 9.88. The van der Waals surface area contributed by atoms with E-state index in [9.17, 15) is 0 Å². The molecule has 3 nitrogen and oxygen atoms in total. The first-order chi connectivity index (χ1) is 24.8. The molecule has 0 aliphatic heterocycles. The molecule has 0 unspecified atom stereocenters. The normalized spacial score (nSPS) is 11.6. The summed E-state index contributed by atoms with van der Waals surface area (Å²) in [5.41, 5.74) is 12.7. The zero-order chi connectivity index (χ0) is 33.0. The molecule has 50 heavy (non-hydrogen) atoms. The predicted molar refractivity (Wildman–Crippen MR) is 206 cm³/mol. The fourth-order valence-corrected chi connectivity index (χ4v) is 7.48. The molecule has 0 radical (unpaired) electrons. The van der Waals surface area contributed by atoms with Gasteiger partial charge in [0.1, 0.15) is 0 Å². The summed E-state index contributed by atoms with van der Waals surface area (Å²) in [5.74, 6) is 1.95. The second-order valence-corrected chi connectivity index (χ2v) is 12.8. The van der Waals surface area contributed by atoms with Crippen LogP contribution in [0.2, 0.25) is 0 Å². The van der Waals surface area contributed by atoms with Crippen molar-refractivity contribution < 1.29 is 0 Å². The standard InChI is InChI=1S/C47H29N3/c1-3-12-32(13-4-1)45-48-46(33-14-5-2-6-15-33)50-47(49-45)43-29-35-17-8-7-16-34(35)28-42(43)31-24-22-30(23-25-31)36-26-27-41-38-19-10-9-18-37(38)40-21-11-20-39(36)44(40)41/h1-29H. The second kappa shape index (κ2) is 11.5. The molecule has 3 heteroatoms. The van der Waals surface area contributed by atoms with Gasteiger partial charge in [-0.25, -0.2) is 15.0 Å². The van der Waals surface area contributed by atoms with Gasteiger partial charge in [0.05, 0.1) is 0 Å². The van der Waals surface area contributed by atoms with Crippen molar-refractivity contribution in [2.24, 2.45) is 0 Å². The molecule has 1 aliphatic rings. The van der Waals surface area contributed by atoms with Crippen LogP contribution in [-0.4, -0.2) is 15.0 Å². The van der Waals surface area contributed by atoms with Crippen LogP contribution in [0.25, 0.3) is 100 Å². The number of benzene rings is 8. The van der Waals surface area contributed by atoms with Gasteiger partial charge in [0, 0.05) is 16.7 Å². The summed E-state index contributed by atoms with van der Waals surface area (Å²) >= 11 is 0. The van der Waals surface area contributed by atoms with Crippen LogP contribution in [0.5, 0.6) is 0 Å². The molecule has 0 saturated heterocycles. The van der Waals surface area contributed by atoms with Crippen molar-refractivity contribution in [2.45, 2.75) is 0 Å². The second-order valence-electron chi connectivity index (χ2n) is 12.8. The van der Waals surface area contributed by atoms with Crippen LogP contribution in [0.4, 0.5) is 0 Å². The largest absolute Gasteiger partial charge is 0.208 e. The van der Waals surface area contributed by atoms with Gasteiger partial charge in [-0.05, 0) is 78.2 Å². The minimum atomic E-state index is 0.648. The van der Waals surface area contributed by atoms with Crippen LogP contribution >= 0.6 is 0 Å². The first-order valence-electron chi connectivity index (χ1n) is 16.9. The summed E-state index contributed by atoms with van der Waals surface area (Å²) in [4.78, 5) is 15.2. The molecular formula is C47H29N3. The van der Waals surface area contributed by atoms with Gasteiger partial charge in [-0.15, -0.1) is 0 Å². The van der Waals surface area contributed by atoms with E-state index in [-0.39, 0.29) is 0 Å². The fraction of sp³-hybridized carbons (Fsp3) is 0. The smallest absolute Gasteiger partial charge is 0.164 e. The molecule has 0 fully saturated rings. The Kier molecular flexibility index (Phi) is 6.49. The van der Waals surface area contributed by atoms with Crippen LogP contribution in [-0.2, 0) is 0 Å². The van der Waals surface area contributed by atoms with E-state index in [2.05, 4.69) is 115 Å². The summed E-state index contributed by atoms with van der Waals surface area (Å²) in [6.45, 7) is 0. The molecule has 0 atom stereocenters. The van der Waals surface area contributed by atoms with Gasteiger partial charge in [0.25, 0.3) is 0 Å². The number of hydrogen-bond donors (Lipinski definition) is 0. The highest BCUT2D eigenvalue weighted by Gasteiger charge is 2.22. The zero-order valence-electron chi connectivity index (χ0n) is 27.1. The Morgan fingerprint density at radius 2 is 0.720 bits per heavy atom. The van der Waals surface area contributed by atoms with Gasteiger partial charge >= 0.3 is 0 Å². The van der Waals surface area contributed by atoms with E-state index in [0.717, 1.165) is 33.2 Å². The van der Waals surface area contributed by atoms with Gasteiger partial charge in [0.15, 0.2) is 17.5 Å². The van der Waals surface area contributed by atoms with Crippen LogP contribution in [0.15, 0.2) is 176 Å². The van der Waals surface area contributed by atoms with Crippen molar-refractivity contribution >= 4 is 21.5 Å². The summed E-state index contributed by atoms with van der Waals surface area (Å²) in [6.07, 6.45) is 0. The lowest BCUT2D eigenvalue weighted by atomic mass is 9.91. The number of nitrogens with zero attached hydrogens (tertiary/aromatic N) is 3. The van der Waals surface area contributed by atoms with Gasteiger partial charge < -0.3 is 0 Å². The highest BCUT2D eigenvalue weighted by molar-refractivity contribution is 6.18. The van der Waals surface area contributed by atoms with E-state index < -0.39 is 0 Å². The Bertz CT molecular complexity index is 2650. The number of hydrogen-bond acceptors (Lipinski definition) is 3. The predicted octanol–water partition coefficient (Wildman–Crippen LogP) is 12.2. The first kappa shape index (κ1) is 28.3.